The molecule has 1 aromatic heterocycles. The van der Waals surface area contributed by atoms with Gasteiger partial charge in [-0.3, -0.25) is 0 Å². The molecule has 0 aliphatic heterocycles. The lowest BCUT2D eigenvalue weighted by atomic mass is 10.3. The molecule has 18 heavy (non-hydrogen) atoms. The van der Waals surface area contributed by atoms with E-state index >= 15 is 0 Å². The Balaban J connectivity index is 2.86. The first-order chi connectivity index (χ1) is 8.20. The van der Waals surface area contributed by atoms with E-state index in [2.05, 4.69) is 19.9 Å². The van der Waals surface area contributed by atoms with Crippen molar-refractivity contribution in [2.45, 2.75) is 38.4 Å². The Labute approximate surface area is 99.6 Å². The van der Waals surface area contributed by atoms with Crippen molar-refractivity contribution in [1.29, 1.82) is 0 Å². The van der Waals surface area contributed by atoms with Gasteiger partial charge in [0.05, 0.1) is 6.04 Å². The Bertz CT molecular complexity index is 390. The summed E-state index contributed by atoms with van der Waals surface area (Å²) in [4.78, 5) is 0. The van der Waals surface area contributed by atoms with Crippen molar-refractivity contribution in [3.63, 3.8) is 0 Å². The normalized spacial score (nSPS) is 14.8. The first-order valence-electron chi connectivity index (χ1n) is 5.22. The average molecular weight is 273 g/mol. The van der Waals surface area contributed by atoms with Gasteiger partial charge in [-0.25, -0.2) is 0 Å². The molecule has 9 heteroatoms. The molecule has 0 aliphatic carbocycles. The van der Waals surface area contributed by atoms with Crippen LogP contribution in [-0.4, -0.2) is 22.9 Å². The summed E-state index contributed by atoms with van der Waals surface area (Å²) in [6.45, 7) is 3.95. The average Bonchev–Trinajstić information content (AvgIpc) is 2.73. The number of hydrogen-bond donors (Lipinski definition) is 1. The lowest BCUT2D eigenvalue weighted by Crippen LogP contribution is -2.34. The summed E-state index contributed by atoms with van der Waals surface area (Å²) in [7, 11) is 0. The highest BCUT2D eigenvalue weighted by atomic mass is 19.4. The van der Waals surface area contributed by atoms with Crippen molar-refractivity contribution in [3.8, 4) is 0 Å². The van der Waals surface area contributed by atoms with E-state index in [0.717, 1.165) is 6.42 Å². The molecule has 0 amide bonds. The fourth-order valence-electron chi connectivity index (χ4n) is 1.11. The third kappa shape index (κ3) is 2.95. The predicted octanol–water partition coefficient (Wildman–Crippen LogP) is 2.78. The Morgan fingerprint density at radius 3 is 2.33 bits per heavy atom. The van der Waals surface area contributed by atoms with Crippen molar-refractivity contribution in [2.75, 3.05) is 6.54 Å². The van der Waals surface area contributed by atoms with Crippen LogP contribution in [0.4, 0.5) is 22.0 Å². The summed E-state index contributed by atoms with van der Waals surface area (Å²) in [6, 6.07) is -0.588. The smallest absolute Gasteiger partial charge is 0.418 e. The molecule has 0 saturated heterocycles. The standard InChI is InChI=1S/C9H12F5N3O/c1-3-4-15-5(2)6-16-17-7(18-6)8(10,11)9(12,13)14/h5,15H,3-4H2,1-2H3. The fourth-order valence-corrected chi connectivity index (χ4v) is 1.11. The minimum atomic E-state index is -5.75. The van der Waals surface area contributed by atoms with Gasteiger partial charge >= 0.3 is 12.1 Å². The monoisotopic (exact) mass is 273 g/mol. The number of nitrogens with one attached hydrogen (secondary N) is 1. The molecule has 0 aromatic carbocycles. The van der Waals surface area contributed by atoms with Crippen LogP contribution >= 0.6 is 0 Å². The second kappa shape index (κ2) is 5.17. The minimum Gasteiger partial charge on any atom is -0.418 e. The van der Waals surface area contributed by atoms with Crippen LogP contribution in [-0.2, 0) is 5.92 Å². The molecule has 104 valence electrons. The van der Waals surface area contributed by atoms with E-state index in [9.17, 15) is 22.0 Å². The highest BCUT2D eigenvalue weighted by Gasteiger charge is 2.63. The summed E-state index contributed by atoms with van der Waals surface area (Å²) in [5.41, 5.74) is 0. The van der Waals surface area contributed by atoms with Gasteiger partial charge in [0.2, 0.25) is 5.89 Å². The van der Waals surface area contributed by atoms with E-state index in [1.165, 1.54) is 6.92 Å². The summed E-state index contributed by atoms with van der Waals surface area (Å²) >= 11 is 0. The maximum atomic E-state index is 12.8. The molecule has 1 rings (SSSR count). The van der Waals surface area contributed by atoms with Gasteiger partial charge in [0.25, 0.3) is 5.89 Å². The SMILES string of the molecule is CCCNC(C)c1nnc(C(F)(F)C(F)(F)F)o1. The molecule has 1 atom stereocenters. The maximum Gasteiger partial charge on any atom is 0.463 e. The van der Waals surface area contributed by atoms with Gasteiger partial charge in [0, 0.05) is 0 Å². The summed E-state index contributed by atoms with van der Waals surface area (Å²) in [5.74, 6) is -7.18. The zero-order chi connectivity index (χ0) is 14.0. The Hall–Kier alpha value is -1.25. The minimum absolute atomic E-state index is 0.303. The molecular weight excluding hydrogens is 261 g/mol. The first kappa shape index (κ1) is 14.8. The Morgan fingerprint density at radius 1 is 1.22 bits per heavy atom. The van der Waals surface area contributed by atoms with Crippen molar-refractivity contribution in [1.82, 2.24) is 15.5 Å². The van der Waals surface area contributed by atoms with Crippen LogP contribution in [0.25, 0.3) is 0 Å². The summed E-state index contributed by atoms with van der Waals surface area (Å²) < 4.78 is 66.2. The maximum absolute atomic E-state index is 12.8. The van der Waals surface area contributed by atoms with Crippen molar-refractivity contribution in [2.24, 2.45) is 0 Å². The van der Waals surface area contributed by atoms with Crippen LogP contribution in [0.15, 0.2) is 4.42 Å². The largest absolute Gasteiger partial charge is 0.463 e. The van der Waals surface area contributed by atoms with Crippen molar-refractivity contribution >= 4 is 0 Å². The molecule has 1 aromatic rings. The van der Waals surface area contributed by atoms with Crippen LogP contribution in [0.5, 0.6) is 0 Å². The number of aromatic nitrogens is 2. The Morgan fingerprint density at radius 2 is 1.83 bits per heavy atom. The molecule has 1 N–H and O–H groups in total. The number of hydrogen-bond acceptors (Lipinski definition) is 4. The van der Waals surface area contributed by atoms with Crippen LogP contribution in [0.3, 0.4) is 0 Å². The van der Waals surface area contributed by atoms with Gasteiger partial charge in [-0.05, 0) is 19.9 Å². The van der Waals surface area contributed by atoms with Crippen LogP contribution < -0.4 is 5.32 Å². The highest BCUT2D eigenvalue weighted by Crippen LogP contribution is 2.43. The third-order valence-corrected chi connectivity index (χ3v) is 2.14. The van der Waals surface area contributed by atoms with E-state index in [-0.39, 0.29) is 5.89 Å². The van der Waals surface area contributed by atoms with Crippen LogP contribution in [0.1, 0.15) is 38.1 Å². The number of halogens is 5. The van der Waals surface area contributed by atoms with Gasteiger partial charge in [-0.1, -0.05) is 6.92 Å². The first-order valence-corrected chi connectivity index (χ1v) is 5.22. The molecule has 1 unspecified atom stereocenters. The van der Waals surface area contributed by atoms with E-state index in [4.69, 9.17) is 0 Å². The van der Waals surface area contributed by atoms with Gasteiger partial charge < -0.3 is 9.73 Å². The summed E-state index contributed by atoms with van der Waals surface area (Å²) in [6.07, 6.45) is -4.99. The van der Waals surface area contributed by atoms with E-state index in [1.807, 2.05) is 6.92 Å². The highest BCUT2D eigenvalue weighted by molar-refractivity contribution is 4.97. The molecule has 0 saturated carbocycles. The topological polar surface area (TPSA) is 51.0 Å². The second-order valence-electron chi connectivity index (χ2n) is 3.69. The van der Waals surface area contributed by atoms with E-state index < -0.39 is 24.0 Å². The predicted molar refractivity (Wildman–Crippen MR) is 51.0 cm³/mol. The fraction of sp³-hybridized carbons (Fsp3) is 0.778. The summed E-state index contributed by atoms with van der Waals surface area (Å²) in [5, 5.41) is 8.78. The molecule has 0 spiro atoms. The van der Waals surface area contributed by atoms with Crippen LogP contribution in [0.2, 0.25) is 0 Å². The van der Waals surface area contributed by atoms with E-state index in [1.54, 1.807) is 0 Å². The molecule has 4 nitrogen and oxygen atoms in total. The van der Waals surface area contributed by atoms with Crippen molar-refractivity contribution in [3.05, 3.63) is 11.8 Å². The second-order valence-corrected chi connectivity index (χ2v) is 3.69. The lowest BCUT2D eigenvalue weighted by molar-refractivity contribution is -0.297. The quantitative estimate of drug-likeness (QED) is 0.838. The zero-order valence-electron chi connectivity index (χ0n) is 9.68. The zero-order valence-corrected chi connectivity index (χ0v) is 9.68. The molecule has 0 bridgehead atoms. The molecule has 1 heterocycles. The molecule has 0 aliphatic rings. The van der Waals surface area contributed by atoms with Gasteiger partial charge in [-0.15, -0.1) is 10.2 Å². The van der Waals surface area contributed by atoms with Crippen molar-refractivity contribution < 1.29 is 26.4 Å². The third-order valence-electron chi connectivity index (χ3n) is 2.14. The lowest BCUT2D eigenvalue weighted by Gasteiger charge is -2.15. The van der Waals surface area contributed by atoms with E-state index in [0.29, 0.717) is 6.54 Å². The van der Waals surface area contributed by atoms with Gasteiger partial charge in [0.1, 0.15) is 0 Å². The van der Waals surface area contributed by atoms with Gasteiger partial charge in [-0.2, -0.15) is 22.0 Å². The van der Waals surface area contributed by atoms with Gasteiger partial charge in [0.15, 0.2) is 0 Å². The molecule has 0 radical (unpaired) electrons. The number of nitrogens with zero attached hydrogens (tertiary/aromatic N) is 2. The van der Waals surface area contributed by atoms with Crippen LogP contribution in [0, 0.1) is 0 Å². The Kier molecular flexibility index (Phi) is 4.25. The molecule has 0 fully saturated rings. The number of alkyl halides is 5. The molecular formula is C9H12F5N3O. The number of rotatable bonds is 5.